The van der Waals surface area contributed by atoms with Crippen molar-refractivity contribution < 1.29 is 19.1 Å². The summed E-state index contributed by atoms with van der Waals surface area (Å²) < 4.78 is 11.3. The van der Waals surface area contributed by atoms with Crippen molar-refractivity contribution in [3.05, 3.63) is 68.5 Å². The summed E-state index contributed by atoms with van der Waals surface area (Å²) in [6.45, 7) is 0.338. The van der Waals surface area contributed by atoms with E-state index in [-0.39, 0.29) is 24.3 Å². The molecule has 8 heteroatoms. The van der Waals surface area contributed by atoms with Gasteiger partial charge in [-0.15, -0.1) is 22.7 Å². The van der Waals surface area contributed by atoms with Crippen LogP contribution in [-0.4, -0.2) is 37.0 Å². The normalized spacial score (nSPS) is 14.8. The molecule has 1 fully saturated rings. The lowest BCUT2D eigenvalue weighted by Gasteiger charge is -2.34. The Labute approximate surface area is 214 Å². The zero-order chi connectivity index (χ0) is 24.6. The van der Waals surface area contributed by atoms with Gasteiger partial charge in [0.25, 0.3) is 0 Å². The summed E-state index contributed by atoms with van der Waals surface area (Å²) in [5.74, 6) is 0.718. The van der Waals surface area contributed by atoms with Crippen LogP contribution in [-0.2, 0) is 22.6 Å². The molecule has 35 heavy (non-hydrogen) atoms. The molecule has 1 saturated carbocycles. The van der Waals surface area contributed by atoms with Gasteiger partial charge in [-0.3, -0.25) is 9.59 Å². The van der Waals surface area contributed by atoms with Crippen LogP contribution in [0.25, 0.3) is 0 Å². The third-order valence-corrected chi connectivity index (χ3v) is 8.11. The summed E-state index contributed by atoms with van der Waals surface area (Å²) >= 11 is 3.12. The van der Waals surface area contributed by atoms with E-state index in [1.807, 2.05) is 47.2 Å². The van der Waals surface area contributed by atoms with Gasteiger partial charge in [-0.1, -0.05) is 43.5 Å². The van der Waals surface area contributed by atoms with Crippen LogP contribution in [0.2, 0.25) is 0 Å². The maximum atomic E-state index is 14.0. The van der Waals surface area contributed by atoms with Gasteiger partial charge >= 0.3 is 0 Å². The second kappa shape index (κ2) is 12.2. The summed E-state index contributed by atoms with van der Waals surface area (Å²) in [5.41, 5.74) is 0.622. The van der Waals surface area contributed by atoms with E-state index in [2.05, 4.69) is 5.32 Å². The number of carbonyl (C=O) groups excluding carboxylic acids is 2. The van der Waals surface area contributed by atoms with Crippen molar-refractivity contribution in [3.63, 3.8) is 0 Å². The van der Waals surface area contributed by atoms with E-state index >= 15 is 0 Å². The quantitative estimate of drug-likeness (QED) is 0.385. The molecule has 1 aliphatic rings. The third kappa shape index (κ3) is 6.24. The van der Waals surface area contributed by atoms with Gasteiger partial charge in [-0.2, -0.15) is 0 Å². The van der Waals surface area contributed by atoms with Crippen molar-refractivity contribution in [2.75, 3.05) is 14.2 Å². The molecule has 1 aliphatic carbocycles. The Morgan fingerprint density at radius 2 is 1.69 bits per heavy atom. The Balaban J connectivity index is 1.75. The first-order valence-corrected chi connectivity index (χ1v) is 13.7. The number of amides is 2. The van der Waals surface area contributed by atoms with E-state index in [0.717, 1.165) is 35.4 Å². The predicted octanol–water partition coefficient (Wildman–Crippen LogP) is 5.59. The van der Waals surface area contributed by atoms with Crippen LogP contribution in [0, 0.1) is 0 Å². The smallest absolute Gasteiger partial charge is 0.247 e. The van der Waals surface area contributed by atoms with Gasteiger partial charge < -0.3 is 19.7 Å². The van der Waals surface area contributed by atoms with E-state index in [0.29, 0.717) is 23.6 Å². The molecule has 4 rings (SSSR count). The van der Waals surface area contributed by atoms with Crippen LogP contribution in [0.3, 0.4) is 0 Å². The van der Waals surface area contributed by atoms with Crippen molar-refractivity contribution in [3.8, 4) is 11.5 Å². The summed E-state index contributed by atoms with van der Waals surface area (Å²) in [7, 11) is 3.14. The highest BCUT2D eigenvalue weighted by Crippen LogP contribution is 2.38. The Morgan fingerprint density at radius 1 is 0.971 bits per heavy atom. The van der Waals surface area contributed by atoms with E-state index in [1.54, 1.807) is 47.9 Å². The number of carbonyl (C=O) groups is 2. The highest BCUT2D eigenvalue weighted by Gasteiger charge is 2.36. The lowest BCUT2D eigenvalue weighted by atomic mass is 9.94. The Bertz CT molecular complexity index is 1090. The Morgan fingerprint density at radius 3 is 2.31 bits per heavy atom. The number of para-hydroxylation sites is 1. The molecule has 0 unspecified atom stereocenters. The highest BCUT2D eigenvalue weighted by molar-refractivity contribution is 7.10. The number of rotatable bonds is 10. The molecule has 0 saturated heterocycles. The van der Waals surface area contributed by atoms with E-state index < -0.39 is 6.04 Å². The van der Waals surface area contributed by atoms with Crippen molar-refractivity contribution in [1.82, 2.24) is 10.2 Å². The largest absolute Gasteiger partial charge is 0.493 e. The highest BCUT2D eigenvalue weighted by atomic mass is 32.1. The second-order valence-electron chi connectivity index (χ2n) is 8.69. The minimum atomic E-state index is -0.850. The molecule has 0 bridgehead atoms. The minimum absolute atomic E-state index is 0.102. The summed E-state index contributed by atoms with van der Waals surface area (Å²) in [6.07, 6.45) is 5.57. The summed E-state index contributed by atoms with van der Waals surface area (Å²) in [6, 6.07) is 12.6. The minimum Gasteiger partial charge on any atom is -0.493 e. The fourth-order valence-corrected chi connectivity index (χ4v) is 6.06. The van der Waals surface area contributed by atoms with Gasteiger partial charge in [0.15, 0.2) is 11.5 Å². The van der Waals surface area contributed by atoms with Crippen LogP contribution in [0.4, 0.5) is 0 Å². The van der Waals surface area contributed by atoms with E-state index in [4.69, 9.17) is 9.47 Å². The fourth-order valence-electron chi connectivity index (χ4n) is 4.66. The van der Waals surface area contributed by atoms with Crippen LogP contribution < -0.4 is 14.8 Å². The monoisotopic (exact) mass is 512 g/mol. The standard InChI is InChI=1S/C27H32N2O4S2/c1-32-23-14-6-13-22(26(23)33-2)25(27(31)28-19-9-4-3-5-10-19)29(18-21-12-8-16-35-21)24(30)17-20-11-7-15-34-20/h6-8,11-16,19,25H,3-5,9-10,17-18H2,1-2H3,(H,28,31)/t25-/m1/s1. The topological polar surface area (TPSA) is 67.9 Å². The molecule has 186 valence electrons. The molecule has 0 aliphatic heterocycles. The van der Waals surface area contributed by atoms with Crippen LogP contribution in [0.15, 0.2) is 53.2 Å². The van der Waals surface area contributed by atoms with Crippen molar-refractivity contribution in [1.29, 1.82) is 0 Å². The van der Waals surface area contributed by atoms with Crippen molar-refractivity contribution in [2.24, 2.45) is 0 Å². The number of thiophene rings is 2. The van der Waals surface area contributed by atoms with Gasteiger partial charge in [-0.25, -0.2) is 0 Å². The lowest BCUT2D eigenvalue weighted by molar-refractivity contribution is -0.141. The van der Waals surface area contributed by atoms with Crippen LogP contribution >= 0.6 is 22.7 Å². The molecule has 2 aromatic heterocycles. The first-order chi connectivity index (χ1) is 17.1. The molecule has 3 aromatic rings. The molecule has 2 heterocycles. The molecule has 1 atom stereocenters. The Kier molecular flexibility index (Phi) is 8.82. The van der Waals surface area contributed by atoms with Crippen LogP contribution in [0.5, 0.6) is 11.5 Å². The molecule has 1 N–H and O–H groups in total. The van der Waals surface area contributed by atoms with Gasteiger partial charge in [0.05, 0.1) is 27.2 Å². The first-order valence-electron chi connectivity index (χ1n) is 12.0. The Hall–Kier alpha value is -2.84. The fraction of sp³-hybridized carbons (Fsp3) is 0.407. The van der Waals surface area contributed by atoms with Crippen molar-refractivity contribution in [2.45, 2.75) is 57.2 Å². The SMILES string of the molecule is COc1cccc([C@H](C(=O)NC2CCCCC2)N(Cc2cccs2)C(=O)Cc2cccs2)c1OC. The number of nitrogens with one attached hydrogen (secondary N) is 1. The van der Waals surface area contributed by atoms with E-state index in [9.17, 15) is 9.59 Å². The number of methoxy groups -OCH3 is 2. The summed E-state index contributed by atoms with van der Waals surface area (Å²) in [4.78, 5) is 31.4. The van der Waals surface area contributed by atoms with Gasteiger partial charge in [-0.05, 0) is 41.8 Å². The number of hydrogen-bond acceptors (Lipinski definition) is 6. The maximum Gasteiger partial charge on any atom is 0.247 e. The van der Waals surface area contributed by atoms with E-state index in [1.165, 1.54) is 6.42 Å². The average molecular weight is 513 g/mol. The van der Waals surface area contributed by atoms with Gasteiger partial charge in [0.1, 0.15) is 6.04 Å². The number of ether oxygens (including phenoxy) is 2. The number of hydrogen-bond donors (Lipinski definition) is 1. The second-order valence-corrected chi connectivity index (χ2v) is 10.8. The first kappa shape index (κ1) is 25.3. The molecular weight excluding hydrogens is 480 g/mol. The van der Waals surface area contributed by atoms with Gasteiger partial charge in [0, 0.05) is 21.4 Å². The number of benzene rings is 1. The maximum absolute atomic E-state index is 14.0. The number of nitrogens with zero attached hydrogens (tertiary/aromatic N) is 1. The molecule has 0 spiro atoms. The van der Waals surface area contributed by atoms with Gasteiger partial charge in [0.2, 0.25) is 11.8 Å². The van der Waals surface area contributed by atoms with Crippen molar-refractivity contribution >= 4 is 34.5 Å². The molecule has 6 nitrogen and oxygen atoms in total. The predicted molar refractivity (Wildman–Crippen MR) is 140 cm³/mol. The lowest BCUT2D eigenvalue weighted by Crippen LogP contribution is -2.47. The zero-order valence-electron chi connectivity index (χ0n) is 20.2. The zero-order valence-corrected chi connectivity index (χ0v) is 21.8. The molecular formula is C27H32N2O4S2. The molecule has 1 aromatic carbocycles. The average Bonchev–Trinajstić information content (AvgIpc) is 3.58. The summed E-state index contributed by atoms with van der Waals surface area (Å²) in [5, 5.41) is 7.21. The third-order valence-electron chi connectivity index (χ3n) is 6.37. The molecule has 2 amide bonds. The van der Waals surface area contributed by atoms with Crippen LogP contribution in [0.1, 0.15) is 53.5 Å². The molecule has 0 radical (unpaired) electrons.